The van der Waals surface area contributed by atoms with Crippen LogP contribution in [0, 0.1) is 0 Å². The maximum atomic E-state index is 11.5. The van der Waals surface area contributed by atoms with E-state index in [4.69, 9.17) is 46.4 Å². The molecule has 0 N–H and O–H groups in total. The van der Waals surface area contributed by atoms with Gasteiger partial charge in [-0.2, -0.15) is 0 Å². The molecule has 0 saturated carbocycles. The van der Waals surface area contributed by atoms with Crippen molar-refractivity contribution in [3.63, 3.8) is 0 Å². The van der Waals surface area contributed by atoms with Crippen LogP contribution in [0.2, 0.25) is 5.02 Å². The quantitative estimate of drug-likeness (QED) is 0.434. The molecule has 0 amide bonds. The smallest absolute Gasteiger partial charge is 0.339 e. The third kappa shape index (κ3) is 3.61. The molecule has 0 unspecified atom stereocenters. The molecular weight excluding hydrogens is 338 g/mol. The van der Waals surface area contributed by atoms with Crippen LogP contribution in [-0.2, 0) is 8.53 Å². The van der Waals surface area contributed by atoms with Gasteiger partial charge in [-0.25, -0.2) is 4.79 Å². The van der Waals surface area contributed by atoms with Gasteiger partial charge >= 0.3 is 5.97 Å². The molecule has 0 atom stereocenters. The van der Waals surface area contributed by atoms with E-state index < -0.39 is 9.76 Å². The fraction of sp³-hybridized carbons (Fsp3) is 0.364. The molecule has 2 nitrogen and oxygen atoms in total. The van der Waals surface area contributed by atoms with E-state index in [0.29, 0.717) is 10.5 Å². The van der Waals surface area contributed by atoms with Crippen molar-refractivity contribution in [2.45, 2.75) is 15.6 Å². The van der Waals surface area contributed by atoms with Gasteiger partial charge in [-0.15, -0.1) is 11.8 Å². The fourth-order valence-electron chi connectivity index (χ4n) is 1.33. The molecule has 0 bridgehead atoms. The predicted octanol–water partition coefficient (Wildman–Crippen LogP) is 5.07. The molecule has 1 aromatic rings. The van der Waals surface area contributed by atoms with Crippen LogP contribution < -0.4 is 0 Å². The van der Waals surface area contributed by atoms with Crippen LogP contribution in [0.15, 0.2) is 17.0 Å². The highest BCUT2D eigenvalue weighted by Gasteiger charge is 2.29. The maximum absolute atomic E-state index is 11.5. The summed E-state index contributed by atoms with van der Waals surface area (Å²) in [6.45, 7) is 1.94. The van der Waals surface area contributed by atoms with Gasteiger partial charge in [0.25, 0.3) is 0 Å². The summed E-state index contributed by atoms with van der Waals surface area (Å²) in [5, 5.41) is 0.248. The lowest BCUT2D eigenvalue weighted by Gasteiger charge is -2.18. The van der Waals surface area contributed by atoms with Gasteiger partial charge in [0.1, 0.15) is 0 Å². The monoisotopic (exact) mass is 346 g/mol. The molecule has 0 radical (unpaired) electrons. The predicted molar refractivity (Wildman–Crippen MR) is 78.4 cm³/mol. The largest absolute Gasteiger partial charge is 0.465 e. The van der Waals surface area contributed by atoms with Gasteiger partial charge in [0.2, 0.25) is 3.79 Å². The Morgan fingerprint density at radius 1 is 1.39 bits per heavy atom. The molecule has 0 fully saturated rings. The number of methoxy groups -OCH3 is 1. The first-order valence-electron chi connectivity index (χ1n) is 4.93. The highest BCUT2D eigenvalue weighted by atomic mass is 35.6. The number of halogens is 4. The normalized spacial score (nSPS) is 11.4. The van der Waals surface area contributed by atoms with Crippen LogP contribution >= 0.6 is 58.2 Å². The molecule has 1 rings (SSSR count). The number of carbonyl (C=O) groups is 1. The molecule has 0 aliphatic rings. The Balaban J connectivity index is 3.42. The number of alkyl halides is 3. The Kier molecular flexibility index (Phi) is 5.94. The molecule has 0 heterocycles. The summed E-state index contributed by atoms with van der Waals surface area (Å²) < 4.78 is 3.06. The fourth-order valence-corrected chi connectivity index (χ4v) is 3.28. The minimum absolute atomic E-state index is 0.248. The van der Waals surface area contributed by atoms with E-state index in [2.05, 4.69) is 4.74 Å². The summed E-state index contributed by atoms with van der Waals surface area (Å²) in [6.07, 6.45) is 0. The summed E-state index contributed by atoms with van der Waals surface area (Å²) in [6, 6.07) is 3.06. The highest BCUT2D eigenvalue weighted by Crippen LogP contribution is 2.46. The van der Waals surface area contributed by atoms with Crippen LogP contribution in [0.4, 0.5) is 0 Å². The Labute approximate surface area is 130 Å². The zero-order valence-corrected chi connectivity index (χ0v) is 13.4. The van der Waals surface area contributed by atoms with Gasteiger partial charge in [-0.3, -0.25) is 0 Å². The van der Waals surface area contributed by atoms with Crippen LogP contribution in [0.3, 0.4) is 0 Å². The first-order chi connectivity index (χ1) is 8.32. The Morgan fingerprint density at radius 3 is 2.44 bits per heavy atom. The number of rotatable bonds is 3. The van der Waals surface area contributed by atoms with Gasteiger partial charge in [0.05, 0.1) is 17.7 Å². The van der Waals surface area contributed by atoms with Crippen molar-refractivity contribution < 1.29 is 9.53 Å². The minimum atomic E-state index is -1.59. The van der Waals surface area contributed by atoms with Gasteiger partial charge in [-0.1, -0.05) is 59.4 Å². The average Bonchev–Trinajstić information content (AvgIpc) is 2.29. The van der Waals surface area contributed by atoms with Crippen LogP contribution in [0.25, 0.3) is 0 Å². The molecule has 0 aromatic heterocycles. The molecular formula is C11H10Cl4O2S. The number of ether oxygens (including phenoxy) is 1. The molecule has 0 aliphatic carbocycles. The van der Waals surface area contributed by atoms with Crippen molar-refractivity contribution in [3.8, 4) is 0 Å². The standard InChI is InChI=1S/C11H10Cl4O2S/c1-3-18-9-7(11(13,14)15)5-4-6(8(9)12)10(16)17-2/h4-5H,3H2,1-2H3. The van der Waals surface area contributed by atoms with E-state index in [9.17, 15) is 4.79 Å². The van der Waals surface area contributed by atoms with E-state index in [-0.39, 0.29) is 10.6 Å². The van der Waals surface area contributed by atoms with Gasteiger partial charge in [0.15, 0.2) is 0 Å². The van der Waals surface area contributed by atoms with E-state index >= 15 is 0 Å². The van der Waals surface area contributed by atoms with Crippen molar-refractivity contribution >= 4 is 64.1 Å². The lowest BCUT2D eigenvalue weighted by Crippen LogP contribution is -2.08. The Bertz CT molecular complexity index is 457. The topological polar surface area (TPSA) is 26.3 Å². The van der Waals surface area contributed by atoms with Crippen molar-refractivity contribution in [1.29, 1.82) is 0 Å². The van der Waals surface area contributed by atoms with Gasteiger partial charge in [-0.05, 0) is 11.8 Å². The summed E-state index contributed by atoms with van der Waals surface area (Å²) in [5.41, 5.74) is 0.713. The van der Waals surface area contributed by atoms with E-state index in [1.807, 2.05) is 6.92 Å². The zero-order valence-electron chi connectivity index (χ0n) is 9.60. The summed E-state index contributed by atoms with van der Waals surface area (Å²) in [4.78, 5) is 12.1. The SMILES string of the molecule is CCSc1c(C(Cl)(Cl)Cl)ccc(C(=O)OC)c1Cl. The van der Waals surface area contributed by atoms with E-state index in [1.54, 1.807) is 6.07 Å². The van der Waals surface area contributed by atoms with Crippen LogP contribution in [0.1, 0.15) is 22.8 Å². The highest BCUT2D eigenvalue weighted by molar-refractivity contribution is 7.99. The molecule has 0 aliphatic heterocycles. The third-order valence-corrected chi connectivity index (χ3v) is 4.21. The molecule has 7 heteroatoms. The van der Waals surface area contributed by atoms with Crippen molar-refractivity contribution in [3.05, 3.63) is 28.3 Å². The first kappa shape index (κ1) is 16.3. The second-order valence-electron chi connectivity index (χ2n) is 3.23. The van der Waals surface area contributed by atoms with Crippen molar-refractivity contribution in [2.75, 3.05) is 12.9 Å². The van der Waals surface area contributed by atoms with Crippen LogP contribution in [0.5, 0.6) is 0 Å². The lowest BCUT2D eigenvalue weighted by molar-refractivity contribution is 0.0600. The number of hydrogen-bond acceptors (Lipinski definition) is 3. The second kappa shape index (κ2) is 6.58. The molecule has 18 heavy (non-hydrogen) atoms. The average molecular weight is 348 g/mol. The van der Waals surface area contributed by atoms with Gasteiger partial charge in [0, 0.05) is 10.5 Å². The summed E-state index contributed by atoms with van der Waals surface area (Å²) in [5.74, 6) is 0.215. The number of thioether (sulfide) groups is 1. The zero-order chi connectivity index (χ0) is 13.9. The number of esters is 1. The molecule has 0 saturated heterocycles. The van der Waals surface area contributed by atoms with Gasteiger partial charge < -0.3 is 4.74 Å². The molecule has 0 spiro atoms. The third-order valence-electron chi connectivity index (χ3n) is 2.10. The lowest BCUT2D eigenvalue weighted by atomic mass is 10.1. The van der Waals surface area contributed by atoms with E-state index in [0.717, 1.165) is 5.75 Å². The number of hydrogen-bond donors (Lipinski definition) is 0. The number of carbonyl (C=O) groups excluding carboxylic acids is 1. The number of benzene rings is 1. The molecule has 100 valence electrons. The second-order valence-corrected chi connectivity index (χ2v) is 7.16. The summed E-state index contributed by atoms with van der Waals surface area (Å²) in [7, 11) is 1.29. The molecule has 1 aromatic carbocycles. The first-order valence-corrected chi connectivity index (χ1v) is 7.43. The Hall–Kier alpha value is 0.200. The van der Waals surface area contributed by atoms with E-state index in [1.165, 1.54) is 24.9 Å². The Morgan fingerprint density at radius 2 is 2.00 bits per heavy atom. The maximum Gasteiger partial charge on any atom is 0.339 e. The minimum Gasteiger partial charge on any atom is -0.465 e. The summed E-state index contributed by atoms with van der Waals surface area (Å²) >= 11 is 25.2. The van der Waals surface area contributed by atoms with Crippen molar-refractivity contribution in [2.24, 2.45) is 0 Å². The van der Waals surface area contributed by atoms with Crippen molar-refractivity contribution in [1.82, 2.24) is 0 Å². The van der Waals surface area contributed by atoms with Crippen LogP contribution in [-0.4, -0.2) is 18.8 Å².